The summed E-state index contributed by atoms with van der Waals surface area (Å²) < 4.78 is 5.38. The molecule has 2 aliphatic rings. The van der Waals surface area contributed by atoms with E-state index in [0.29, 0.717) is 18.5 Å². The Hall–Kier alpha value is -2.42. The summed E-state index contributed by atoms with van der Waals surface area (Å²) in [7, 11) is 1.74. The van der Waals surface area contributed by atoms with Crippen LogP contribution in [0.4, 0.5) is 0 Å². The molecule has 0 saturated carbocycles. The van der Waals surface area contributed by atoms with E-state index in [0.717, 1.165) is 32.2 Å². The van der Waals surface area contributed by atoms with Crippen LogP contribution in [0.3, 0.4) is 0 Å². The van der Waals surface area contributed by atoms with Gasteiger partial charge < -0.3 is 19.9 Å². The van der Waals surface area contributed by atoms with Crippen LogP contribution in [0.2, 0.25) is 0 Å². The molecule has 3 amide bonds. The number of amides is 3. The topological polar surface area (TPSA) is 99.3 Å². The first-order valence-electron chi connectivity index (χ1n) is 15.2. The molecule has 0 aromatic carbocycles. The van der Waals surface area contributed by atoms with Gasteiger partial charge in [-0.3, -0.25) is 19.3 Å². The first kappa shape index (κ1) is 33.8. The van der Waals surface area contributed by atoms with Crippen LogP contribution in [0.5, 0.6) is 0 Å². The molecule has 0 unspecified atom stereocenters. The first-order chi connectivity index (χ1) is 18.7. The van der Waals surface area contributed by atoms with Crippen LogP contribution in [0, 0.1) is 11.8 Å². The Balaban J connectivity index is 2.21. The van der Waals surface area contributed by atoms with Crippen molar-refractivity contribution in [3.63, 3.8) is 0 Å². The number of rotatable bonds is 11. The largest absolute Gasteiger partial charge is 0.461 e. The van der Waals surface area contributed by atoms with Crippen molar-refractivity contribution in [2.24, 2.45) is 11.8 Å². The molecule has 0 spiro atoms. The fourth-order valence-corrected chi connectivity index (χ4v) is 5.85. The van der Waals surface area contributed by atoms with E-state index in [2.05, 4.69) is 24.1 Å². The molecular formula is C31H54N4O5. The fourth-order valence-electron chi connectivity index (χ4n) is 5.85. The molecular weight excluding hydrogens is 508 g/mol. The highest BCUT2D eigenvalue weighted by atomic mass is 16.5. The minimum Gasteiger partial charge on any atom is -0.461 e. The van der Waals surface area contributed by atoms with E-state index in [4.69, 9.17) is 4.74 Å². The molecule has 2 heterocycles. The van der Waals surface area contributed by atoms with Gasteiger partial charge in [0.1, 0.15) is 12.1 Å². The van der Waals surface area contributed by atoms with Crippen molar-refractivity contribution < 1.29 is 23.9 Å². The molecule has 0 aliphatic carbocycles. The van der Waals surface area contributed by atoms with Crippen LogP contribution < -0.4 is 5.32 Å². The fraction of sp³-hybridized carbons (Fsp3) is 0.806. The van der Waals surface area contributed by atoms with Gasteiger partial charge in [0.2, 0.25) is 17.7 Å². The van der Waals surface area contributed by atoms with Crippen LogP contribution >= 0.6 is 0 Å². The zero-order chi connectivity index (χ0) is 30.3. The van der Waals surface area contributed by atoms with Gasteiger partial charge in [-0.1, -0.05) is 40.2 Å². The molecule has 0 aromatic rings. The molecule has 40 heavy (non-hydrogen) atoms. The third-order valence-corrected chi connectivity index (χ3v) is 8.11. The Morgan fingerprint density at radius 3 is 2.05 bits per heavy atom. The predicted octanol–water partition coefficient (Wildman–Crippen LogP) is 3.76. The number of likely N-dealkylation sites (tertiary alicyclic amines) is 2. The van der Waals surface area contributed by atoms with Crippen LogP contribution in [0.15, 0.2) is 11.6 Å². The van der Waals surface area contributed by atoms with Crippen molar-refractivity contribution in [3.05, 3.63) is 11.6 Å². The van der Waals surface area contributed by atoms with E-state index in [1.165, 1.54) is 0 Å². The summed E-state index contributed by atoms with van der Waals surface area (Å²) in [5, 5.41) is 3.08. The molecule has 9 heteroatoms. The van der Waals surface area contributed by atoms with Crippen molar-refractivity contribution >= 4 is 23.7 Å². The van der Waals surface area contributed by atoms with Crippen LogP contribution in [0.1, 0.15) is 94.4 Å². The van der Waals surface area contributed by atoms with Crippen molar-refractivity contribution in [2.75, 3.05) is 20.1 Å². The lowest BCUT2D eigenvalue weighted by Crippen LogP contribution is -2.58. The van der Waals surface area contributed by atoms with Crippen molar-refractivity contribution in [1.29, 1.82) is 0 Å². The Morgan fingerprint density at radius 1 is 0.875 bits per heavy atom. The van der Waals surface area contributed by atoms with Crippen LogP contribution in [0.25, 0.3) is 0 Å². The number of nitrogens with zero attached hydrogens (tertiary/aromatic N) is 3. The van der Waals surface area contributed by atoms with Crippen molar-refractivity contribution in [3.8, 4) is 0 Å². The number of piperidine rings is 1. The summed E-state index contributed by atoms with van der Waals surface area (Å²) in [6.07, 6.45) is 5.79. The van der Waals surface area contributed by atoms with E-state index in [1.54, 1.807) is 37.6 Å². The van der Waals surface area contributed by atoms with E-state index in [1.807, 2.05) is 33.8 Å². The maximum absolute atomic E-state index is 13.8. The number of carbonyl (C=O) groups excluding carboxylic acids is 4. The number of esters is 1. The molecule has 2 fully saturated rings. The Morgan fingerprint density at radius 2 is 1.50 bits per heavy atom. The molecule has 4 atom stereocenters. The molecule has 2 saturated heterocycles. The number of carbonyl (C=O) groups is 4. The molecule has 0 aromatic heterocycles. The van der Waals surface area contributed by atoms with Gasteiger partial charge in [-0.25, -0.2) is 4.79 Å². The average Bonchev–Trinajstić information content (AvgIpc) is 3.38. The van der Waals surface area contributed by atoms with E-state index in [9.17, 15) is 19.2 Å². The summed E-state index contributed by atoms with van der Waals surface area (Å²) in [6.45, 7) is 18.8. The molecule has 0 bridgehead atoms. The molecule has 2 aliphatic heterocycles. The zero-order valence-corrected chi connectivity index (χ0v) is 26.5. The quantitative estimate of drug-likeness (QED) is 0.304. The van der Waals surface area contributed by atoms with E-state index in [-0.39, 0.29) is 59.8 Å². The Bertz CT molecular complexity index is 929. The van der Waals surface area contributed by atoms with E-state index >= 15 is 0 Å². The lowest BCUT2D eigenvalue weighted by atomic mass is 9.95. The number of hydrogen-bond donors (Lipinski definition) is 1. The molecule has 0 radical (unpaired) electrons. The number of hydrogen-bond acceptors (Lipinski definition) is 6. The lowest BCUT2D eigenvalue weighted by Gasteiger charge is -2.39. The van der Waals surface area contributed by atoms with E-state index < -0.39 is 12.1 Å². The second-order valence-corrected chi connectivity index (χ2v) is 12.7. The maximum Gasteiger partial charge on any atom is 0.329 e. The van der Waals surface area contributed by atoms with Gasteiger partial charge in [-0.15, -0.1) is 0 Å². The van der Waals surface area contributed by atoms with Gasteiger partial charge in [-0.2, -0.15) is 0 Å². The summed E-state index contributed by atoms with van der Waals surface area (Å²) >= 11 is 0. The second-order valence-electron chi connectivity index (χ2n) is 12.7. The SMILES string of the molecule is C/C(=C\[C@H](C(C)C)N(C)C(=O)[C@@H](NC(=O)[C@H]1CCCCN1C(C)C)C(C)C)C(=O)N1CCC[C@H]1C(=O)OC(C)C. The third-order valence-electron chi connectivity index (χ3n) is 8.11. The summed E-state index contributed by atoms with van der Waals surface area (Å²) in [6, 6.07) is -1.59. The third kappa shape index (κ3) is 8.54. The summed E-state index contributed by atoms with van der Waals surface area (Å²) in [5.41, 5.74) is 0.488. The molecule has 1 N–H and O–H groups in total. The highest BCUT2D eigenvalue weighted by Gasteiger charge is 2.38. The second kappa shape index (κ2) is 15.0. The maximum atomic E-state index is 13.8. The minimum absolute atomic E-state index is 0.0234. The number of ether oxygens (including phenoxy) is 1. The molecule has 228 valence electrons. The summed E-state index contributed by atoms with van der Waals surface area (Å²) in [4.78, 5) is 58.7. The molecule has 2 rings (SSSR count). The summed E-state index contributed by atoms with van der Waals surface area (Å²) in [5.74, 6) is -0.933. The van der Waals surface area contributed by atoms with Gasteiger partial charge in [0.05, 0.1) is 18.2 Å². The van der Waals surface area contributed by atoms with Crippen LogP contribution in [-0.2, 0) is 23.9 Å². The smallest absolute Gasteiger partial charge is 0.329 e. The predicted molar refractivity (Wildman–Crippen MR) is 157 cm³/mol. The van der Waals surface area contributed by atoms with Gasteiger partial charge in [0.25, 0.3) is 0 Å². The Labute approximate surface area is 242 Å². The normalized spacial score (nSPS) is 22.1. The molecule has 9 nitrogen and oxygen atoms in total. The lowest BCUT2D eigenvalue weighted by molar-refractivity contribution is -0.155. The highest BCUT2D eigenvalue weighted by molar-refractivity contribution is 5.96. The number of nitrogens with one attached hydrogen (secondary N) is 1. The monoisotopic (exact) mass is 562 g/mol. The van der Waals surface area contributed by atoms with Crippen molar-refractivity contribution in [1.82, 2.24) is 20.0 Å². The average molecular weight is 563 g/mol. The standard InChI is InChI=1S/C31H54N4O5/c1-19(2)26(18-23(9)29(37)35-17-13-15-25(35)31(39)40-22(7)8)33(10)30(38)27(20(3)4)32-28(36)24-14-11-12-16-34(24)21(5)6/h18-22,24-27H,11-17H2,1-10H3,(H,32,36)/b23-18+/t24-,25+,26-,27+/m1/s1. The van der Waals surface area contributed by atoms with Gasteiger partial charge in [0.15, 0.2) is 0 Å². The Kier molecular flexibility index (Phi) is 12.7. The minimum atomic E-state index is -0.673. The zero-order valence-electron chi connectivity index (χ0n) is 26.5. The van der Waals surface area contributed by atoms with Gasteiger partial charge in [-0.05, 0) is 78.7 Å². The first-order valence-corrected chi connectivity index (χ1v) is 15.2. The van der Waals surface area contributed by atoms with Gasteiger partial charge >= 0.3 is 5.97 Å². The van der Waals surface area contributed by atoms with Gasteiger partial charge in [0, 0.05) is 25.2 Å². The van der Waals surface area contributed by atoms with Crippen molar-refractivity contribution in [2.45, 2.75) is 131 Å². The number of likely N-dealkylation sites (N-methyl/N-ethyl adjacent to an activating group) is 1. The van der Waals surface area contributed by atoms with Crippen LogP contribution in [-0.4, -0.2) is 94.8 Å². The highest BCUT2D eigenvalue weighted by Crippen LogP contribution is 2.24.